The number of hydrogen-bond donors (Lipinski definition) is 0. The van der Waals surface area contributed by atoms with Crippen LogP contribution in [-0.4, -0.2) is 63.3 Å². The first kappa shape index (κ1) is 18.9. The van der Waals surface area contributed by atoms with Crippen LogP contribution in [0.25, 0.3) is 11.6 Å². The first-order valence-corrected chi connectivity index (χ1v) is 9.33. The molecule has 0 spiro atoms. The van der Waals surface area contributed by atoms with E-state index < -0.39 is 0 Å². The maximum absolute atomic E-state index is 13.0. The van der Waals surface area contributed by atoms with Crippen molar-refractivity contribution in [1.29, 1.82) is 0 Å². The van der Waals surface area contributed by atoms with Crippen molar-refractivity contribution < 1.29 is 18.8 Å². The van der Waals surface area contributed by atoms with Crippen molar-refractivity contribution in [3.05, 3.63) is 35.8 Å². The van der Waals surface area contributed by atoms with Gasteiger partial charge in [-0.15, -0.1) is 5.10 Å². The highest BCUT2D eigenvalue weighted by Crippen LogP contribution is 2.29. The summed E-state index contributed by atoms with van der Waals surface area (Å²) < 4.78 is 17.5. The topological polar surface area (TPSA) is 108 Å². The zero-order chi connectivity index (χ0) is 20.4. The first-order valence-electron chi connectivity index (χ1n) is 9.33. The van der Waals surface area contributed by atoms with Gasteiger partial charge < -0.3 is 18.9 Å². The number of nitrogens with zero attached hydrogens (tertiary/aromatic N) is 6. The third kappa shape index (κ3) is 3.78. The molecule has 1 aliphatic heterocycles. The van der Waals surface area contributed by atoms with E-state index in [4.69, 9.17) is 14.0 Å². The minimum absolute atomic E-state index is 0.0260. The summed E-state index contributed by atoms with van der Waals surface area (Å²) in [5.41, 5.74) is 1.08. The van der Waals surface area contributed by atoms with Crippen molar-refractivity contribution in [2.45, 2.75) is 25.8 Å². The number of hydrogen-bond acceptors (Lipinski definition) is 8. The summed E-state index contributed by atoms with van der Waals surface area (Å²) in [6.07, 6.45) is 3.56. The van der Waals surface area contributed by atoms with E-state index in [0.29, 0.717) is 47.6 Å². The lowest BCUT2D eigenvalue weighted by Crippen LogP contribution is -2.40. The molecule has 4 rings (SSSR count). The Morgan fingerprint density at radius 1 is 1.24 bits per heavy atom. The van der Waals surface area contributed by atoms with Crippen molar-refractivity contribution in [1.82, 2.24) is 30.0 Å². The molecule has 152 valence electrons. The fraction of sp³-hybridized carbons (Fsp3) is 0.421. The lowest BCUT2D eigenvalue weighted by molar-refractivity contribution is 0.0671. The summed E-state index contributed by atoms with van der Waals surface area (Å²) in [7, 11) is 3.12. The van der Waals surface area contributed by atoms with E-state index in [1.54, 1.807) is 50.2 Å². The molecule has 1 atom stereocenters. The molecule has 10 heteroatoms. The Morgan fingerprint density at radius 3 is 2.79 bits per heavy atom. The molecule has 0 unspecified atom stereocenters. The van der Waals surface area contributed by atoms with Crippen molar-refractivity contribution >= 4 is 5.91 Å². The molecule has 0 N–H and O–H groups in total. The number of rotatable bonds is 5. The first-order chi connectivity index (χ1) is 14.1. The summed E-state index contributed by atoms with van der Waals surface area (Å²) >= 11 is 0. The zero-order valence-electron chi connectivity index (χ0n) is 16.5. The van der Waals surface area contributed by atoms with Crippen LogP contribution in [0.4, 0.5) is 0 Å². The van der Waals surface area contributed by atoms with Crippen LogP contribution in [0.1, 0.15) is 35.1 Å². The number of piperidine rings is 1. The minimum atomic E-state index is -0.0523. The van der Waals surface area contributed by atoms with Crippen LogP contribution in [0.15, 0.2) is 28.9 Å². The Kier molecular flexibility index (Phi) is 5.15. The van der Waals surface area contributed by atoms with Crippen LogP contribution in [0.3, 0.4) is 0 Å². The number of carbonyl (C=O) groups is 1. The highest BCUT2D eigenvalue weighted by molar-refractivity contribution is 5.95. The highest BCUT2D eigenvalue weighted by atomic mass is 16.5. The smallest absolute Gasteiger partial charge is 0.280 e. The van der Waals surface area contributed by atoms with Gasteiger partial charge in [-0.3, -0.25) is 4.79 Å². The van der Waals surface area contributed by atoms with Gasteiger partial charge in [0.2, 0.25) is 0 Å². The molecule has 29 heavy (non-hydrogen) atoms. The third-order valence-corrected chi connectivity index (χ3v) is 4.95. The SMILES string of the molecule is COc1ccc(C(=O)N2CCC[C@@H](n3cc(-c4nc(C)no4)nn3)C2)cc1OC. The number of benzene rings is 1. The molecule has 1 aromatic carbocycles. The number of methoxy groups -OCH3 is 2. The second-order valence-corrected chi connectivity index (χ2v) is 6.85. The summed E-state index contributed by atoms with van der Waals surface area (Å²) in [5, 5.41) is 12.1. The largest absolute Gasteiger partial charge is 0.493 e. The minimum Gasteiger partial charge on any atom is -0.493 e. The third-order valence-electron chi connectivity index (χ3n) is 4.95. The molecule has 3 heterocycles. The molecule has 0 radical (unpaired) electrons. The van der Waals surface area contributed by atoms with E-state index in [1.165, 1.54) is 0 Å². The molecule has 1 aliphatic rings. The molecular formula is C19H22N6O4. The van der Waals surface area contributed by atoms with Gasteiger partial charge in [0.05, 0.1) is 26.5 Å². The molecule has 1 fully saturated rings. The number of aryl methyl sites for hydroxylation is 1. The highest BCUT2D eigenvalue weighted by Gasteiger charge is 2.27. The zero-order valence-corrected chi connectivity index (χ0v) is 16.5. The summed E-state index contributed by atoms with van der Waals surface area (Å²) in [6.45, 7) is 2.98. The fourth-order valence-corrected chi connectivity index (χ4v) is 3.46. The van der Waals surface area contributed by atoms with E-state index in [2.05, 4.69) is 20.5 Å². The average Bonchev–Trinajstić information content (AvgIpc) is 3.42. The molecule has 1 saturated heterocycles. The quantitative estimate of drug-likeness (QED) is 0.643. The Labute approximate surface area is 167 Å². The van der Waals surface area contributed by atoms with E-state index in [1.807, 2.05) is 4.90 Å². The van der Waals surface area contributed by atoms with E-state index in [0.717, 1.165) is 12.8 Å². The molecule has 0 saturated carbocycles. The number of ether oxygens (including phenoxy) is 2. The predicted molar refractivity (Wildman–Crippen MR) is 102 cm³/mol. The Bertz CT molecular complexity index is 1010. The number of likely N-dealkylation sites (tertiary alicyclic amines) is 1. The van der Waals surface area contributed by atoms with Gasteiger partial charge in [-0.05, 0) is 38.0 Å². The number of amides is 1. The summed E-state index contributed by atoms with van der Waals surface area (Å²) in [6, 6.07) is 5.22. The average molecular weight is 398 g/mol. The molecule has 1 amide bonds. The predicted octanol–water partition coefficient (Wildman–Crippen LogP) is 2.13. The molecule has 2 aromatic heterocycles. The molecule has 3 aromatic rings. The van der Waals surface area contributed by atoms with Gasteiger partial charge in [-0.1, -0.05) is 10.4 Å². The van der Waals surface area contributed by atoms with Gasteiger partial charge in [-0.25, -0.2) is 4.68 Å². The molecule has 0 bridgehead atoms. The van der Waals surface area contributed by atoms with Crippen LogP contribution in [0.5, 0.6) is 11.5 Å². The van der Waals surface area contributed by atoms with E-state index in [-0.39, 0.29) is 11.9 Å². The van der Waals surface area contributed by atoms with Crippen molar-refractivity contribution in [3.63, 3.8) is 0 Å². The Balaban J connectivity index is 1.50. The normalized spacial score (nSPS) is 16.7. The van der Waals surface area contributed by atoms with E-state index in [9.17, 15) is 4.79 Å². The second-order valence-electron chi connectivity index (χ2n) is 6.85. The van der Waals surface area contributed by atoms with Crippen LogP contribution >= 0.6 is 0 Å². The maximum Gasteiger partial charge on any atom is 0.280 e. The van der Waals surface area contributed by atoms with Crippen molar-refractivity contribution in [3.8, 4) is 23.1 Å². The van der Waals surface area contributed by atoms with Crippen molar-refractivity contribution in [2.24, 2.45) is 0 Å². The monoisotopic (exact) mass is 398 g/mol. The Morgan fingerprint density at radius 2 is 2.07 bits per heavy atom. The van der Waals surface area contributed by atoms with Crippen LogP contribution < -0.4 is 9.47 Å². The Hall–Kier alpha value is -3.43. The molecule has 0 aliphatic carbocycles. The second kappa shape index (κ2) is 7.90. The summed E-state index contributed by atoms with van der Waals surface area (Å²) in [5.74, 6) is 1.94. The maximum atomic E-state index is 13.0. The van der Waals surface area contributed by atoms with Gasteiger partial charge in [0, 0.05) is 18.7 Å². The van der Waals surface area contributed by atoms with Gasteiger partial charge >= 0.3 is 0 Å². The van der Waals surface area contributed by atoms with Gasteiger partial charge in [-0.2, -0.15) is 4.98 Å². The van der Waals surface area contributed by atoms with Crippen LogP contribution in [-0.2, 0) is 0 Å². The van der Waals surface area contributed by atoms with Gasteiger partial charge in [0.1, 0.15) is 0 Å². The standard InChI is InChI=1S/C19H22N6O4/c1-12-20-18(29-22-12)15-11-25(23-21-15)14-5-4-8-24(10-14)19(26)13-6-7-16(27-2)17(9-13)28-3/h6-7,9,11,14H,4-5,8,10H2,1-3H3/t14-/m1/s1. The molecule has 10 nitrogen and oxygen atoms in total. The number of aromatic nitrogens is 5. The van der Waals surface area contributed by atoms with Crippen LogP contribution in [0, 0.1) is 6.92 Å². The number of carbonyl (C=O) groups excluding carboxylic acids is 1. The van der Waals surface area contributed by atoms with Gasteiger partial charge in [0.25, 0.3) is 11.8 Å². The fourth-order valence-electron chi connectivity index (χ4n) is 3.46. The lowest BCUT2D eigenvalue weighted by atomic mass is 10.0. The lowest BCUT2D eigenvalue weighted by Gasteiger charge is -2.32. The van der Waals surface area contributed by atoms with E-state index >= 15 is 0 Å². The summed E-state index contributed by atoms with van der Waals surface area (Å²) in [4.78, 5) is 19.0. The molecular weight excluding hydrogens is 376 g/mol. The van der Waals surface area contributed by atoms with Crippen LogP contribution in [0.2, 0.25) is 0 Å². The van der Waals surface area contributed by atoms with Gasteiger partial charge in [0.15, 0.2) is 23.0 Å². The van der Waals surface area contributed by atoms with Crippen molar-refractivity contribution in [2.75, 3.05) is 27.3 Å².